The summed E-state index contributed by atoms with van der Waals surface area (Å²) in [5.74, 6) is 0.436. The van der Waals surface area contributed by atoms with Crippen LogP contribution < -0.4 is 10.1 Å². The molecular weight excluding hydrogens is 349 g/mol. The van der Waals surface area contributed by atoms with Gasteiger partial charge >= 0.3 is 0 Å². The van der Waals surface area contributed by atoms with Gasteiger partial charge in [-0.25, -0.2) is 4.39 Å². The molecule has 0 saturated carbocycles. The summed E-state index contributed by atoms with van der Waals surface area (Å²) in [4.78, 5) is 13.0. The normalized spacial score (nSPS) is 10.8. The Balaban J connectivity index is 1.59. The number of nitrogens with one attached hydrogen (secondary N) is 1. The van der Waals surface area contributed by atoms with Gasteiger partial charge in [0.2, 0.25) is 0 Å². The Bertz CT molecular complexity index is 887. The summed E-state index contributed by atoms with van der Waals surface area (Å²) in [6, 6.07) is 15.7. The van der Waals surface area contributed by atoms with Crippen LogP contribution in [-0.4, -0.2) is 5.91 Å². The van der Waals surface area contributed by atoms with Crippen molar-refractivity contribution in [2.24, 2.45) is 0 Å². The van der Waals surface area contributed by atoms with E-state index >= 15 is 0 Å². The van der Waals surface area contributed by atoms with Crippen LogP contribution in [-0.2, 0) is 6.61 Å². The van der Waals surface area contributed by atoms with Gasteiger partial charge in [0.25, 0.3) is 5.91 Å². The Kier molecular flexibility index (Phi) is 5.68. The van der Waals surface area contributed by atoms with Crippen molar-refractivity contribution in [1.82, 2.24) is 0 Å². The number of anilines is 1. The highest BCUT2D eigenvalue weighted by Gasteiger charge is 2.10. The number of hydrogen-bond donors (Lipinski definition) is 1. The summed E-state index contributed by atoms with van der Waals surface area (Å²) in [6.07, 6.45) is 0. The lowest BCUT2D eigenvalue weighted by atomic mass is 10.0. The molecule has 0 bridgehead atoms. The number of hydrogen-bond acceptors (Lipinski definition) is 3. The molecule has 0 atom stereocenters. The van der Waals surface area contributed by atoms with Crippen molar-refractivity contribution in [2.45, 2.75) is 26.4 Å². The van der Waals surface area contributed by atoms with Gasteiger partial charge in [-0.2, -0.15) is 0 Å². The summed E-state index contributed by atoms with van der Waals surface area (Å²) in [6.45, 7) is 4.55. The summed E-state index contributed by atoms with van der Waals surface area (Å²) in [5, 5.41) is 4.77. The minimum Gasteiger partial charge on any atom is -0.489 e. The summed E-state index contributed by atoms with van der Waals surface area (Å²) < 4.78 is 18.7. The fourth-order valence-electron chi connectivity index (χ4n) is 2.44. The smallest absolute Gasteiger partial charge is 0.265 e. The van der Waals surface area contributed by atoms with Gasteiger partial charge in [0.05, 0.1) is 4.88 Å². The summed E-state index contributed by atoms with van der Waals surface area (Å²) in [5.41, 5.74) is 2.88. The van der Waals surface area contributed by atoms with Crippen LogP contribution in [0, 0.1) is 5.82 Å². The monoisotopic (exact) mass is 369 g/mol. The Morgan fingerprint density at radius 3 is 2.62 bits per heavy atom. The van der Waals surface area contributed by atoms with Crippen LogP contribution in [0.1, 0.15) is 40.6 Å². The molecule has 1 heterocycles. The molecule has 0 aliphatic heterocycles. The van der Waals surface area contributed by atoms with Crippen LogP contribution in [0.3, 0.4) is 0 Å². The molecule has 5 heteroatoms. The van der Waals surface area contributed by atoms with E-state index < -0.39 is 0 Å². The molecule has 0 aliphatic rings. The molecule has 2 aromatic carbocycles. The number of benzene rings is 2. The van der Waals surface area contributed by atoms with E-state index in [0.717, 1.165) is 11.3 Å². The molecule has 0 spiro atoms. The first-order valence-electron chi connectivity index (χ1n) is 8.38. The zero-order valence-corrected chi connectivity index (χ0v) is 15.5. The second kappa shape index (κ2) is 8.15. The number of amides is 1. The fourth-order valence-corrected chi connectivity index (χ4v) is 3.23. The Hall–Kier alpha value is -2.66. The van der Waals surface area contributed by atoms with Crippen molar-refractivity contribution in [3.05, 3.63) is 81.8 Å². The highest BCUT2D eigenvalue weighted by atomic mass is 32.1. The number of carbonyl (C=O) groups is 1. The molecule has 0 fully saturated rings. The van der Waals surface area contributed by atoms with E-state index in [9.17, 15) is 9.18 Å². The first-order valence-corrected chi connectivity index (χ1v) is 9.26. The maximum absolute atomic E-state index is 13.1. The first-order chi connectivity index (χ1) is 12.5. The molecule has 0 radical (unpaired) electrons. The predicted molar refractivity (Wildman–Crippen MR) is 104 cm³/mol. The Morgan fingerprint density at radius 2 is 1.92 bits per heavy atom. The van der Waals surface area contributed by atoms with E-state index in [-0.39, 0.29) is 18.3 Å². The highest BCUT2D eigenvalue weighted by Crippen LogP contribution is 2.21. The maximum Gasteiger partial charge on any atom is 0.265 e. The molecule has 134 valence electrons. The minimum atomic E-state index is -0.337. The molecule has 0 unspecified atom stereocenters. The van der Waals surface area contributed by atoms with Crippen molar-refractivity contribution in [3.8, 4) is 5.75 Å². The Morgan fingerprint density at radius 1 is 1.15 bits per heavy atom. The van der Waals surface area contributed by atoms with Gasteiger partial charge in [-0.15, -0.1) is 11.3 Å². The topological polar surface area (TPSA) is 38.3 Å². The molecular formula is C21H20FNO2S. The second-order valence-electron chi connectivity index (χ2n) is 6.30. The molecule has 26 heavy (non-hydrogen) atoms. The van der Waals surface area contributed by atoms with Gasteiger partial charge in [0.15, 0.2) is 0 Å². The SMILES string of the molecule is CC(C)c1ccc(NC(=O)c2cc(COc3cccc(F)c3)cs2)cc1. The quantitative estimate of drug-likeness (QED) is 0.592. The van der Waals surface area contributed by atoms with E-state index in [2.05, 4.69) is 19.2 Å². The molecule has 0 saturated heterocycles. The second-order valence-corrected chi connectivity index (χ2v) is 7.21. The van der Waals surface area contributed by atoms with Crippen molar-refractivity contribution in [3.63, 3.8) is 0 Å². The molecule has 3 aromatic rings. The number of ether oxygens (including phenoxy) is 1. The van der Waals surface area contributed by atoms with Gasteiger partial charge in [-0.3, -0.25) is 4.79 Å². The third-order valence-corrected chi connectivity index (χ3v) is 4.89. The van der Waals surface area contributed by atoms with Crippen molar-refractivity contribution in [2.75, 3.05) is 5.32 Å². The standard InChI is InChI=1S/C21H20FNO2S/c1-14(2)16-6-8-18(9-7-16)23-21(24)20-10-15(13-26-20)12-25-19-5-3-4-17(22)11-19/h3-11,13-14H,12H2,1-2H3,(H,23,24). The average Bonchev–Trinajstić information content (AvgIpc) is 3.10. The number of halogens is 1. The van der Waals surface area contributed by atoms with Gasteiger partial charge in [0, 0.05) is 17.3 Å². The maximum atomic E-state index is 13.1. The van der Waals surface area contributed by atoms with E-state index in [0.29, 0.717) is 16.5 Å². The number of rotatable bonds is 6. The summed E-state index contributed by atoms with van der Waals surface area (Å²) >= 11 is 1.36. The lowest BCUT2D eigenvalue weighted by Crippen LogP contribution is -2.10. The third kappa shape index (κ3) is 4.70. The Labute approximate surface area is 156 Å². The van der Waals surface area contributed by atoms with Gasteiger partial charge in [-0.05, 0) is 47.2 Å². The largest absolute Gasteiger partial charge is 0.489 e. The molecule has 3 nitrogen and oxygen atoms in total. The van der Waals surface area contributed by atoms with Crippen molar-refractivity contribution >= 4 is 22.9 Å². The first kappa shape index (κ1) is 18.1. The molecule has 0 aliphatic carbocycles. The molecule has 1 aromatic heterocycles. The minimum absolute atomic E-state index is 0.149. The zero-order valence-electron chi connectivity index (χ0n) is 14.7. The van der Waals surface area contributed by atoms with E-state index in [4.69, 9.17) is 4.74 Å². The third-order valence-electron chi connectivity index (χ3n) is 3.91. The van der Waals surface area contributed by atoms with Gasteiger partial charge < -0.3 is 10.1 Å². The van der Waals surface area contributed by atoms with Crippen LogP contribution in [0.5, 0.6) is 5.75 Å². The lowest BCUT2D eigenvalue weighted by Gasteiger charge is -2.07. The lowest BCUT2D eigenvalue weighted by molar-refractivity contribution is 0.103. The van der Waals surface area contributed by atoms with Crippen LogP contribution in [0.4, 0.5) is 10.1 Å². The van der Waals surface area contributed by atoms with Gasteiger partial charge in [-0.1, -0.05) is 32.0 Å². The number of carbonyl (C=O) groups excluding carboxylic acids is 1. The molecule has 3 rings (SSSR count). The van der Waals surface area contributed by atoms with Crippen LogP contribution in [0.2, 0.25) is 0 Å². The van der Waals surface area contributed by atoms with Crippen LogP contribution in [0.25, 0.3) is 0 Å². The summed E-state index contributed by atoms with van der Waals surface area (Å²) in [7, 11) is 0. The zero-order chi connectivity index (χ0) is 18.5. The van der Waals surface area contributed by atoms with E-state index in [1.165, 1.54) is 29.0 Å². The van der Waals surface area contributed by atoms with Crippen LogP contribution in [0.15, 0.2) is 60.0 Å². The van der Waals surface area contributed by atoms with Gasteiger partial charge in [0.1, 0.15) is 18.2 Å². The average molecular weight is 369 g/mol. The number of thiophene rings is 1. The van der Waals surface area contributed by atoms with Crippen molar-refractivity contribution in [1.29, 1.82) is 0 Å². The fraction of sp³-hybridized carbons (Fsp3) is 0.190. The van der Waals surface area contributed by atoms with E-state index in [1.807, 2.05) is 29.6 Å². The van der Waals surface area contributed by atoms with Crippen LogP contribution >= 0.6 is 11.3 Å². The van der Waals surface area contributed by atoms with E-state index in [1.54, 1.807) is 18.2 Å². The highest BCUT2D eigenvalue weighted by molar-refractivity contribution is 7.12. The van der Waals surface area contributed by atoms with Crippen molar-refractivity contribution < 1.29 is 13.9 Å². The molecule has 1 N–H and O–H groups in total. The predicted octanol–water partition coefficient (Wildman–Crippen LogP) is 5.84. The molecule has 1 amide bonds.